The van der Waals surface area contributed by atoms with E-state index in [1.54, 1.807) is 12.4 Å². The summed E-state index contributed by atoms with van der Waals surface area (Å²) in [6, 6.07) is 1.98. The summed E-state index contributed by atoms with van der Waals surface area (Å²) in [6.07, 6.45) is 3.55. The van der Waals surface area contributed by atoms with Crippen molar-refractivity contribution >= 4 is 5.95 Å². The lowest BCUT2D eigenvalue weighted by atomic mass is 10.2. The van der Waals surface area contributed by atoms with Gasteiger partial charge in [-0.2, -0.15) is 4.98 Å². The molecule has 3 rings (SSSR count). The molecule has 106 valence electrons. The van der Waals surface area contributed by atoms with Gasteiger partial charge in [0.25, 0.3) is 0 Å². The van der Waals surface area contributed by atoms with Gasteiger partial charge in [0.2, 0.25) is 11.8 Å². The highest BCUT2D eigenvalue weighted by Crippen LogP contribution is 2.21. The number of aromatic nitrogens is 4. The van der Waals surface area contributed by atoms with Gasteiger partial charge in [-0.05, 0) is 19.9 Å². The first-order chi connectivity index (χ1) is 9.74. The molecular formula is C13H18N6O. The minimum absolute atomic E-state index is 0.148. The van der Waals surface area contributed by atoms with Crippen LogP contribution in [0.25, 0.3) is 0 Å². The van der Waals surface area contributed by atoms with E-state index in [1.165, 1.54) is 0 Å². The molecular weight excluding hydrogens is 256 g/mol. The van der Waals surface area contributed by atoms with Gasteiger partial charge in [0, 0.05) is 38.6 Å². The SMILES string of the molecule is Cc1noc([C@H](C)N2CCN(c3ncccn3)CC2)n1. The van der Waals surface area contributed by atoms with Crippen molar-refractivity contribution in [2.75, 3.05) is 31.1 Å². The first kappa shape index (κ1) is 13.0. The van der Waals surface area contributed by atoms with Crippen LogP contribution in [-0.4, -0.2) is 51.2 Å². The molecule has 0 aliphatic carbocycles. The maximum Gasteiger partial charge on any atom is 0.243 e. The first-order valence-electron chi connectivity index (χ1n) is 6.80. The molecule has 0 saturated carbocycles. The van der Waals surface area contributed by atoms with Crippen molar-refractivity contribution < 1.29 is 4.52 Å². The van der Waals surface area contributed by atoms with Gasteiger partial charge in [-0.3, -0.25) is 4.90 Å². The number of piperazine rings is 1. The van der Waals surface area contributed by atoms with E-state index in [-0.39, 0.29) is 6.04 Å². The van der Waals surface area contributed by atoms with Gasteiger partial charge in [-0.1, -0.05) is 5.16 Å². The lowest BCUT2D eigenvalue weighted by Crippen LogP contribution is -2.47. The molecule has 0 unspecified atom stereocenters. The van der Waals surface area contributed by atoms with Gasteiger partial charge >= 0.3 is 0 Å². The molecule has 0 N–H and O–H groups in total. The zero-order valence-electron chi connectivity index (χ0n) is 11.7. The van der Waals surface area contributed by atoms with Gasteiger partial charge in [-0.25, -0.2) is 9.97 Å². The standard InChI is InChI=1S/C13H18N6O/c1-10(12-16-11(2)17-20-12)18-6-8-19(9-7-18)13-14-4-3-5-15-13/h3-5,10H,6-9H2,1-2H3/t10-/m0/s1. The van der Waals surface area contributed by atoms with E-state index >= 15 is 0 Å². The van der Waals surface area contributed by atoms with Crippen LogP contribution in [0.5, 0.6) is 0 Å². The van der Waals surface area contributed by atoms with Crippen molar-refractivity contribution in [1.82, 2.24) is 25.0 Å². The van der Waals surface area contributed by atoms with Gasteiger partial charge in [0.1, 0.15) is 0 Å². The Morgan fingerprint density at radius 3 is 2.45 bits per heavy atom. The average Bonchev–Trinajstić information content (AvgIpc) is 2.94. The largest absolute Gasteiger partial charge is 0.338 e. The van der Waals surface area contributed by atoms with E-state index in [9.17, 15) is 0 Å². The van der Waals surface area contributed by atoms with Gasteiger partial charge in [-0.15, -0.1) is 0 Å². The maximum absolute atomic E-state index is 5.25. The fourth-order valence-electron chi connectivity index (χ4n) is 2.40. The highest BCUT2D eigenvalue weighted by Gasteiger charge is 2.26. The van der Waals surface area contributed by atoms with Gasteiger partial charge in [0.15, 0.2) is 5.82 Å². The van der Waals surface area contributed by atoms with Crippen molar-refractivity contribution in [3.8, 4) is 0 Å². The molecule has 0 bridgehead atoms. The van der Waals surface area contributed by atoms with Crippen molar-refractivity contribution in [2.45, 2.75) is 19.9 Å². The van der Waals surface area contributed by atoms with Crippen LogP contribution in [0.15, 0.2) is 23.0 Å². The molecule has 0 amide bonds. The summed E-state index contributed by atoms with van der Waals surface area (Å²) in [5.41, 5.74) is 0. The normalized spacial score (nSPS) is 18.2. The Labute approximate surface area is 117 Å². The Morgan fingerprint density at radius 2 is 1.85 bits per heavy atom. The lowest BCUT2D eigenvalue weighted by molar-refractivity contribution is 0.163. The van der Waals surface area contributed by atoms with E-state index < -0.39 is 0 Å². The zero-order valence-corrected chi connectivity index (χ0v) is 11.7. The molecule has 2 aromatic heterocycles. The van der Waals surface area contributed by atoms with Crippen LogP contribution < -0.4 is 4.90 Å². The van der Waals surface area contributed by atoms with E-state index in [0.717, 1.165) is 32.1 Å². The fourth-order valence-corrected chi connectivity index (χ4v) is 2.40. The summed E-state index contributed by atoms with van der Waals surface area (Å²) in [5, 5.41) is 3.85. The number of nitrogens with zero attached hydrogens (tertiary/aromatic N) is 6. The highest BCUT2D eigenvalue weighted by molar-refractivity contribution is 5.29. The molecule has 1 aliphatic heterocycles. The smallest absolute Gasteiger partial charge is 0.243 e. The molecule has 1 atom stereocenters. The molecule has 0 spiro atoms. The average molecular weight is 274 g/mol. The fraction of sp³-hybridized carbons (Fsp3) is 0.538. The third-order valence-corrected chi connectivity index (χ3v) is 3.60. The van der Waals surface area contributed by atoms with Crippen LogP contribution in [0.3, 0.4) is 0 Å². The number of rotatable bonds is 3. The van der Waals surface area contributed by atoms with Crippen LogP contribution in [0, 0.1) is 6.92 Å². The summed E-state index contributed by atoms with van der Waals surface area (Å²) in [4.78, 5) is 17.4. The molecule has 7 heteroatoms. The van der Waals surface area contributed by atoms with Crippen LogP contribution >= 0.6 is 0 Å². The lowest BCUT2D eigenvalue weighted by Gasteiger charge is -2.36. The predicted octanol–water partition coefficient (Wildman–Crippen LogP) is 1.05. The van der Waals surface area contributed by atoms with Crippen molar-refractivity contribution in [3.63, 3.8) is 0 Å². The molecule has 0 aromatic carbocycles. The van der Waals surface area contributed by atoms with E-state index in [1.807, 2.05) is 13.0 Å². The summed E-state index contributed by atoms with van der Waals surface area (Å²) < 4.78 is 5.25. The Hall–Kier alpha value is -2.02. The number of aryl methyl sites for hydroxylation is 1. The Balaban J connectivity index is 1.61. The van der Waals surface area contributed by atoms with Crippen LogP contribution in [0.2, 0.25) is 0 Å². The van der Waals surface area contributed by atoms with Gasteiger partial charge < -0.3 is 9.42 Å². The Kier molecular flexibility index (Phi) is 3.60. The van der Waals surface area contributed by atoms with E-state index in [2.05, 4.69) is 36.8 Å². The second-order valence-corrected chi connectivity index (χ2v) is 4.93. The third kappa shape index (κ3) is 2.62. The minimum Gasteiger partial charge on any atom is -0.338 e. The molecule has 1 aliphatic rings. The van der Waals surface area contributed by atoms with Crippen LogP contribution in [0.1, 0.15) is 24.7 Å². The minimum atomic E-state index is 0.148. The van der Waals surface area contributed by atoms with E-state index in [4.69, 9.17) is 4.52 Å². The molecule has 7 nitrogen and oxygen atoms in total. The predicted molar refractivity (Wildman–Crippen MR) is 73.3 cm³/mol. The first-order valence-corrected chi connectivity index (χ1v) is 6.80. The summed E-state index contributed by atoms with van der Waals surface area (Å²) in [6.45, 7) is 7.61. The van der Waals surface area contributed by atoms with Crippen molar-refractivity contribution in [1.29, 1.82) is 0 Å². The number of anilines is 1. The van der Waals surface area contributed by atoms with Crippen LogP contribution in [-0.2, 0) is 0 Å². The second-order valence-electron chi connectivity index (χ2n) is 4.93. The molecule has 20 heavy (non-hydrogen) atoms. The molecule has 1 saturated heterocycles. The van der Waals surface area contributed by atoms with Crippen LogP contribution in [0.4, 0.5) is 5.95 Å². The second kappa shape index (κ2) is 5.54. The monoisotopic (exact) mass is 274 g/mol. The van der Waals surface area contributed by atoms with E-state index in [0.29, 0.717) is 11.7 Å². The number of hydrogen-bond acceptors (Lipinski definition) is 7. The van der Waals surface area contributed by atoms with Crippen molar-refractivity contribution in [2.24, 2.45) is 0 Å². The number of hydrogen-bond donors (Lipinski definition) is 0. The molecule has 2 aromatic rings. The third-order valence-electron chi connectivity index (χ3n) is 3.60. The zero-order chi connectivity index (χ0) is 13.9. The maximum atomic E-state index is 5.25. The summed E-state index contributed by atoms with van der Waals surface area (Å²) >= 11 is 0. The topological polar surface area (TPSA) is 71.2 Å². The molecule has 0 radical (unpaired) electrons. The summed E-state index contributed by atoms with van der Waals surface area (Å²) in [5.74, 6) is 2.17. The molecule has 3 heterocycles. The van der Waals surface area contributed by atoms with Gasteiger partial charge in [0.05, 0.1) is 6.04 Å². The summed E-state index contributed by atoms with van der Waals surface area (Å²) in [7, 11) is 0. The van der Waals surface area contributed by atoms with Crippen molar-refractivity contribution in [3.05, 3.63) is 30.2 Å². The molecule has 1 fully saturated rings. The Bertz CT molecular complexity index is 549. The highest BCUT2D eigenvalue weighted by atomic mass is 16.5. The quantitative estimate of drug-likeness (QED) is 0.828. The Morgan fingerprint density at radius 1 is 1.15 bits per heavy atom.